The first kappa shape index (κ1) is 30.9. The van der Waals surface area contributed by atoms with Crippen LogP contribution < -0.4 is 15.4 Å². The molecule has 0 saturated carbocycles. The van der Waals surface area contributed by atoms with Crippen LogP contribution in [-0.2, 0) is 14.9 Å². The van der Waals surface area contributed by atoms with E-state index in [1.165, 1.54) is 6.42 Å². The Morgan fingerprint density at radius 1 is 0.951 bits per heavy atom. The number of anilines is 1. The predicted octanol–water partition coefficient (Wildman–Crippen LogP) is 4.06. The SMILES string of the molecule is O=C(N[NH+]1CCCCC1)C1=NN(c2ccc(Cl)cc2Cl)[C@H](c2ccc(Cl)cc2)C1.O=S(=O)([O-])c1cc(O)ccc1O. The van der Waals surface area contributed by atoms with E-state index in [1.807, 2.05) is 35.3 Å². The molecule has 0 aromatic heterocycles. The lowest BCUT2D eigenvalue weighted by atomic mass is 10.0. The molecule has 1 saturated heterocycles. The molecule has 1 amide bonds. The van der Waals surface area contributed by atoms with Gasteiger partial charge < -0.3 is 14.8 Å². The molecule has 4 N–H and O–H groups in total. The first-order valence-electron chi connectivity index (χ1n) is 12.6. The minimum atomic E-state index is -4.72. The Morgan fingerprint density at radius 3 is 2.22 bits per heavy atom. The molecule has 2 aliphatic rings. The van der Waals surface area contributed by atoms with Crippen LogP contribution in [0.3, 0.4) is 0 Å². The number of hydrogen-bond acceptors (Lipinski definition) is 8. The molecule has 0 radical (unpaired) electrons. The summed E-state index contributed by atoms with van der Waals surface area (Å²) < 4.78 is 31.1. The normalized spacial score (nSPS) is 17.4. The molecule has 0 spiro atoms. The maximum absolute atomic E-state index is 12.9. The second kappa shape index (κ2) is 13.3. The summed E-state index contributed by atoms with van der Waals surface area (Å²) in [5.74, 6) is -1.18. The number of hydrogen-bond donors (Lipinski definition) is 4. The maximum atomic E-state index is 12.9. The summed E-state index contributed by atoms with van der Waals surface area (Å²) in [4.78, 5) is 12.1. The minimum Gasteiger partial charge on any atom is -0.744 e. The van der Waals surface area contributed by atoms with Crippen molar-refractivity contribution >= 4 is 62.2 Å². The van der Waals surface area contributed by atoms with Gasteiger partial charge in [-0.15, -0.1) is 0 Å². The average molecular weight is 642 g/mol. The number of quaternary nitrogens is 1. The Balaban J connectivity index is 0.000000271. The highest BCUT2D eigenvalue weighted by molar-refractivity contribution is 7.85. The first-order chi connectivity index (χ1) is 19.4. The summed E-state index contributed by atoms with van der Waals surface area (Å²) in [6.07, 6.45) is 3.96. The van der Waals surface area contributed by atoms with Gasteiger partial charge in [0.15, 0.2) is 0 Å². The van der Waals surface area contributed by atoms with Crippen molar-refractivity contribution in [3.8, 4) is 11.5 Å². The highest BCUT2D eigenvalue weighted by atomic mass is 35.5. The number of phenols is 2. The standard InChI is InChI=1S/C21H21Cl3N4O.C6H6O5S/c22-15-6-4-14(5-7-15)20-13-18(21(29)26-27-10-2-1-3-11-27)25-28(20)19-9-8-16(23)12-17(19)24;7-4-1-2-5(8)6(3-4)12(9,10)11/h4-9,12,20H,1-3,10-11,13H2,(H,26,29);1-3,7-8H,(H,9,10,11)/t20-;/m0./s1. The Morgan fingerprint density at radius 2 is 1.61 bits per heavy atom. The fourth-order valence-electron chi connectivity index (χ4n) is 4.52. The van der Waals surface area contributed by atoms with Crippen LogP contribution in [0.5, 0.6) is 11.5 Å². The fourth-order valence-corrected chi connectivity index (χ4v) is 5.73. The number of amides is 1. The third-order valence-corrected chi connectivity index (χ3v) is 8.20. The summed E-state index contributed by atoms with van der Waals surface area (Å²) in [5, 5.41) is 26.9. The van der Waals surface area contributed by atoms with E-state index in [4.69, 9.17) is 45.0 Å². The molecule has 1 atom stereocenters. The van der Waals surface area contributed by atoms with Gasteiger partial charge >= 0.3 is 5.91 Å². The lowest BCUT2D eigenvalue weighted by molar-refractivity contribution is -0.940. The lowest BCUT2D eigenvalue weighted by Gasteiger charge is -2.25. The number of nitrogens with one attached hydrogen (secondary N) is 2. The van der Waals surface area contributed by atoms with Crippen LogP contribution >= 0.6 is 34.8 Å². The van der Waals surface area contributed by atoms with Gasteiger partial charge in [-0.25, -0.2) is 13.4 Å². The topological polar surface area (TPSA) is 147 Å². The van der Waals surface area contributed by atoms with Crippen LogP contribution in [0.25, 0.3) is 0 Å². The largest absolute Gasteiger partial charge is 0.744 e. The van der Waals surface area contributed by atoms with Crippen LogP contribution in [0.15, 0.2) is 70.7 Å². The molecule has 2 heterocycles. The maximum Gasteiger partial charge on any atom is 0.312 e. The summed E-state index contributed by atoms with van der Waals surface area (Å²) in [5.41, 5.74) is 5.30. The number of phenolic OH excluding ortho intramolecular Hbond substituents is 2. The molecular formula is C27H27Cl3N4O6S. The number of piperidine rings is 1. The first-order valence-corrected chi connectivity index (χ1v) is 15.2. The van der Waals surface area contributed by atoms with Crippen LogP contribution in [0.1, 0.15) is 37.3 Å². The number of halogens is 3. The molecule has 1 fully saturated rings. The van der Waals surface area contributed by atoms with Crippen LogP contribution in [0, 0.1) is 0 Å². The molecule has 218 valence electrons. The number of carbonyl (C=O) groups excluding carboxylic acids is 1. The molecule has 0 unspecified atom stereocenters. The van der Waals surface area contributed by atoms with Gasteiger partial charge in [0.05, 0.1) is 34.7 Å². The van der Waals surface area contributed by atoms with Gasteiger partial charge in [0, 0.05) is 22.5 Å². The van der Waals surface area contributed by atoms with E-state index in [1.54, 1.807) is 12.1 Å². The van der Waals surface area contributed by atoms with Crippen LogP contribution in [0.2, 0.25) is 15.1 Å². The summed E-state index contributed by atoms with van der Waals surface area (Å²) in [7, 11) is -4.72. The molecule has 14 heteroatoms. The number of rotatable bonds is 5. The van der Waals surface area contributed by atoms with Gasteiger partial charge in [-0.05, 0) is 67.3 Å². The number of carbonyl (C=O) groups is 1. The third kappa shape index (κ3) is 8.03. The molecule has 41 heavy (non-hydrogen) atoms. The van der Waals surface area contributed by atoms with Crippen molar-refractivity contribution in [3.63, 3.8) is 0 Å². The van der Waals surface area contributed by atoms with E-state index in [-0.39, 0.29) is 17.7 Å². The summed E-state index contributed by atoms with van der Waals surface area (Å²) in [6.45, 7) is 1.90. The molecule has 2 aliphatic heterocycles. The van der Waals surface area contributed by atoms with E-state index in [9.17, 15) is 17.8 Å². The Kier molecular flexibility index (Phi) is 10.0. The Bertz CT molecular complexity index is 1550. The van der Waals surface area contributed by atoms with Crippen molar-refractivity contribution in [2.24, 2.45) is 5.10 Å². The van der Waals surface area contributed by atoms with Crippen molar-refractivity contribution in [2.45, 2.75) is 36.6 Å². The number of benzene rings is 3. The average Bonchev–Trinajstić information content (AvgIpc) is 3.36. The fraction of sp³-hybridized carbons (Fsp3) is 0.259. The van der Waals surface area contributed by atoms with E-state index in [0.29, 0.717) is 39.0 Å². The summed E-state index contributed by atoms with van der Waals surface area (Å²) >= 11 is 18.6. The lowest BCUT2D eigenvalue weighted by Crippen LogP contribution is -3.20. The van der Waals surface area contributed by atoms with Crippen molar-refractivity contribution in [2.75, 3.05) is 18.1 Å². The second-order valence-corrected chi connectivity index (χ2v) is 12.1. The summed E-state index contributed by atoms with van der Waals surface area (Å²) in [6, 6.07) is 15.4. The molecule has 3 aromatic carbocycles. The van der Waals surface area contributed by atoms with Gasteiger partial charge in [-0.2, -0.15) is 10.5 Å². The number of nitrogens with zero attached hydrogens (tertiary/aromatic N) is 2. The molecular weight excluding hydrogens is 615 g/mol. The quantitative estimate of drug-likeness (QED) is 0.243. The minimum absolute atomic E-state index is 0.131. The van der Waals surface area contributed by atoms with E-state index < -0.39 is 20.8 Å². The predicted molar refractivity (Wildman–Crippen MR) is 156 cm³/mol. The van der Waals surface area contributed by atoms with E-state index >= 15 is 0 Å². The van der Waals surface area contributed by atoms with Crippen LogP contribution in [-0.4, -0.2) is 47.9 Å². The Hall–Kier alpha value is -3.06. The van der Waals surface area contributed by atoms with Crippen molar-refractivity contribution in [3.05, 3.63) is 81.3 Å². The third-order valence-electron chi connectivity index (χ3n) is 6.54. The van der Waals surface area contributed by atoms with Gasteiger partial charge in [0.25, 0.3) is 0 Å². The monoisotopic (exact) mass is 640 g/mol. The van der Waals surface area contributed by atoms with Gasteiger partial charge in [0.2, 0.25) is 0 Å². The Labute approximate surface area is 252 Å². The molecule has 3 aromatic rings. The van der Waals surface area contributed by atoms with Crippen molar-refractivity contribution in [1.29, 1.82) is 0 Å². The second-order valence-electron chi connectivity index (χ2n) is 9.48. The number of aromatic hydroxyl groups is 2. The van der Waals surface area contributed by atoms with Gasteiger partial charge in [-0.3, -0.25) is 9.80 Å². The molecule has 10 nitrogen and oxygen atoms in total. The van der Waals surface area contributed by atoms with Crippen LogP contribution in [0.4, 0.5) is 5.69 Å². The zero-order chi connectivity index (χ0) is 29.7. The zero-order valence-corrected chi connectivity index (χ0v) is 24.6. The smallest absolute Gasteiger partial charge is 0.312 e. The zero-order valence-electron chi connectivity index (χ0n) is 21.6. The van der Waals surface area contributed by atoms with Crippen molar-refractivity contribution < 1.29 is 33.0 Å². The van der Waals surface area contributed by atoms with Crippen molar-refractivity contribution in [1.82, 2.24) is 5.43 Å². The molecule has 0 aliphatic carbocycles. The van der Waals surface area contributed by atoms with Gasteiger partial charge in [-0.1, -0.05) is 46.9 Å². The molecule has 5 rings (SSSR count). The van der Waals surface area contributed by atoms with Gasteiger partial charge in [0.1, 0.15) is 27.3 Å². The number of hydrazone groups is 1. The van der Waals surface area contributed by atoms with E-state index in [2.05, 4.69) is 10.5 Å². The van der Waals surface area contributed by atoms with E-state index in [0.717, 1.165) is 48.6 Å². The highest BCUT2D eigenvalue weighted by Gasteiger charge is 2.34. The highest BCUT2D eigenvalue weighted by Crippen LogP contribution is 2.39. The molecule has 0 bridgehead atoms.